The average molecular weight is 407 g/mol. The van der Waals surface area contributed by atoms with Crippen molar-refractivity contribution < 1.29 is 19.3 Å². The first kappa shape index (κ1) is 19.0. The summed E-state index contributed by atoms with van der Waals surface area (Å²) in [5, 5.41) is 21.4. The van der Waals surface area contributed by atoms with Gasteiger partial charge in [0.2, 0.25) is 0 Å². The number of benzene rings is 3. The van der Waals surface area contributed by atoms with Crippen LogP contribution in [0.3, 0.4) is 0 Å². The molecule has 0 saturated carbocycles. The Morgan fingerprint density at radius 2 is 1.77 bits per heavy atom. The van der Waals surface area contributed by atoms with E-state index >= 15 is 0 Å². The highest BCUT2D eigenvalue weighted by atomic mass is 19.1. The Bertz CT molecular complexity index is 1250. The highest BCUT2D eigenvalue weighted by Gasteiger charge is 2.21. The number of rotatable bonds is 3. The van der Waals surface area contributed by atoms with E-state index in [1.54, 1.807) is 18.2 Å². The fourth-order valence-corrected chi connectivity index (χ4v) is 4.25. The summed E-state index contributed by atoms with van der Waals surface area (Å²) in [5.41, 5.74) is 3.29. The maximum absolute atomic E-state index is 14.4. The molecule has 2 heterocycles. The van der Waals surface area contributed by atoms with Gasteiger partial charge in [-0.1, -0.05) is 24.3 Å². The summed E-state index contributed by atoms with van der Waals surface area (Å²) < 4.78 is 21.8. The molecule has 30 heavy (non-hydrogen) atoms. The molecule has 0 amide bonds. The molecule has 0 unspecified atom stereocenters. The number of hydrogen-bond acceptors (Lipinski definition) is 5. The normalized spacial score (nSPS) is 14.9. The molecule has 0 radical (unpaired) electrons. The summed E-state index contributed by atoms with van der Waals surface area (Å²) in [7, 11) is 0. The van der Waals surface area contributed by atoms with Crippen molar-refractivity contribution in [1.29, 1.82) is 0 Å². The van der Waals surface area contributed by atoms with Gasteiger partial charge in [0, 0.05) is 35.1 Å². The summed E-state index contributed by atoms with van der Waals surface area (Å²) in [4.78, 5) is 6.79. The van der Waals surface area contributed by atoms with E-state index in [1.807, 2.05) is 35.8 Å². The molecule has 0 atom stereocenters. The Hall–Kier alpha value is -3.00. The maximum atomic E-state index is 14.4. The van der Waals surface area contributed by atoms with Crippen LogP contribution in [-0.4, -0.2) is 46.1 Å². The van der Waals surface area contributed by atoms with Crippen LogP contribution in [-0.2, 0) is 4.74 Å². The zero-order valence-electron chi connectivity index (χ0n) is 16.5. The Morgan fingerprint density at radius 1 is 1.03 bits per heavy atom. The maximum Gasteiger partial charge on any atom is 0.180 e. The largest absolute Gasteiger partial charge is 0.378 e. The van der Waals surface area contributed by atoms with Gasteiger partial charge in [0.1, 0.15) is 11.6 Å². The first-order valence-corrected chi connectivity index (χ1v) is 9.94. The lowest BCUT2D eigenvalue weighted by atomic mass is 10.1. The van der Waals surface area contributed by atoms with Crippen LogP contribution in [0.2, 0.25) is 0 Å². The number of anilines is 1. The van der Waals surface area contributed by atoms with E-state index < -0.39 is 6.29 Å². The lowest BCUT2D eigenvalue weighted by Gasteiger charge is -2.29. The van der Waals surface area contributed by atoms with Crippen molar-refractivity contribution in [1.82, 2.24) is 9.55 Å². The van der Waals surface area contributed by atoms with Gasteiger partial charge in [0.15, 0.2) is 6.29 Å². The van der Waals surface area contributed by atoms with Crippen LogP contribution in [0.25, 0.3) is 27.5 Å². The van der Waals surface area contributed by atoms with Gasteiger partial charge in [-0.3, -0.25) is 4.57 Å². The van der Waals surface area contributed by atoms with E-state index in [1.165, 1.54) is 6.07 Å². The van der Waals surface area contributed by atoms with Crippen LogP contribution >= 0.6 is 0 Å². The first-order valence-electron chi connectivity index (χ1n) is 9.94. The van der Waals surface area contributed by atoms with Crippen molar-refractivity contribution in [3.8, 4) is 5.69 Å². The SMILES string of the molecule is Cc1nc2c(C(O)O)cc(N3CCOCC3)cc2n1-c1ccc(F)c2ccccc12. The lowest BCUT2D eigenvalue weighted by Crippen LogP contribution is -2.36. The molecule has 2 N–H and O–H groups in total. The highest BCUT2D eigenvalue weighted by Crippen LogP contribution is 2.34. The summed E-state index contributed by atoms with van der Waals surface area (Å²) >= 11 is 0. The number of morpholine rings is 1. The van der Waals surface area contributed by atoms with Gasteiger partial charge in [0.25, 0.3) is 0 Å². The third-order valence-electron chi connectivity index (χ3n) is 5.69. The lowest BCUT2D eigenvalue weighted by molar-refractivity contribution is -0.0414. The molecular formula is C23H22FN3O3. The molecule has 1 fully saturated rings. The molecule has 1 saturated heterocycles. The molecule has 1 aliphatic heterocycles. The Balaban J connectivity index is 1.80. The van der Waals surface area contributed by atoms with Crippen LogP contribution in [0.1, 0.15) is 17.7 Å². The van der Waals surface area contributed by atoms with E-state index in [0.717, 1.165) is 35.4 Å². The van der Waals surface area contributed by atoms with E-state index in [9.17, 15) is 14.6 Å². The number of imidazole rings is 1. The molecule has 0 aliphatic carbocycles. The quantitative estimate of drug-likeness (QED) is 0.509. The zero-order chi connectivity index (χ0) is 20.8. The number of aliphatic hydroxyl groups is 2. The number of aryl methyl sites for hydroxylation is 1. The summed E-state index contributed by atoms with van der Waals surface area (Å²) in [6, 6.07) is 14.3. The first-order chi connectivity index (χ1) is 14.5. The van der Waals surface area contributed by atoms with Crippen molar-refractivity contribution >= 4 is 27.5 Å². The third kappa shape index (κ3) is 3.02. The minimum atomic E-state index is -1.65. The molecule has 1 aromatic heterocycles. The third-order valence-corrected chi connectivity index (χ3v) is 5.69. The van der Waals surface area contributed by atoms with Crippen LogP contribution in [0.4, 0.5) is 10.1 Å². The fraction of sp³-hybridized carbons (Fsp3) is 0.261. The number of halogens is 1. The number of fused-ring (bicyclic) bond motifs is 2. The average Bonchev–Trinajstić information content (AvgIpc) is 3.09. The van der Waals surface area contributed by atoms with Gasteiger partial charge in [-0.15, -0.1) is 0 Å². The minimum Gasteiger partial charge on any atom is -0.378 e. The van der Waals surface area contributed by atoms with Crippen molar-refractivity contribution in [2.45, 2.75) is 13.2 Å². The number of nitrogens with zero attached hydrogens (tertiary/aromatic N) is 3. The van der Waals surface area contributed by atoms with Crippen LogP contribution < -0.4 is 4.90 Å². The molecule has 7 heteroatoms. The molecule has 0 bridgehead atoms. The number of hydrogen-bond donors (Lipinski definition) is 2. The molecular weight excluding hydrogens is 385 g/mol. The van der Waals surface area contributed by atoms with Crippen molar-refractivity contribution in [3.63, 3.8) is 0 Å². The molecule has 0 spiro atoms. The van der Waals surface area contributed by atoms with Crippen LogP contribution in [0.5, 0.6) is 0 Å². The molecule has 4 aromatic rings. The number of aliphatic hydroxyl groups excluding tert-OH is 1. The summed E-state index contributed by atoms with van der Waals surface area (Å²) in [6.07, 6.45) is -1.65. The summed E-state index contributed by atoms with van der Waals surface area (Å²) in [5.74, 6) is 0.402. The standard InChI is InChI=1S/C23H22FN3O3/c1-14-25-22-18(23(28)29)12-15(26-8-10-30-11-9-26)13-21(22)27(14)20-7-6-19(24)16-4-2-3-5-17(16)20/h2-7,12-13,23,28-29H,8-11H2,1H3. The second-order valence-electron chi connectivity index (χ2n) is 7.48. The number of ether oxygens (including phenoxy) is 1. The van der Waals surface area contributed by atoms with Crippen LogP contribution in [0.15, 0.2) is 48.5 Å². The second kappa shape index (κ2) is 7.36. The van der Waals surface area contributed by atoms with Gasteiger partial charge in [0.05, 0.1) is 29.9 Å². The van der Waals surface area contributed by atoms with Crippen molar-refractivity contribution in [2.24, 2.45) is 0 Å². The highest BCUT2D eigenvalue weighted by molar-refractivity contribution is 5.94. The smallest absolute Gasteiger partial charge is 0.180 e. The van der Waals surface area contributed by atoms with Gasteiger partial charge in [-0.2, -0.15) is 0 Å². The molecule has 154 valence electrons. The van der Waals surface area contributed by atoms with E-state index in [-0.39, 0.29) is 5.82 Å². The predicted molar refractivity (Wildman–Crippen MR) is 113 cm³/mol. The van der Waals surface area contributed by atoms with Gasteiger partial charge in [-0.05, 0) is 31.2 Å². The minimum absolute atomic E-state index is 0.281. The van der Waals surface area contributed by atoms with E-state index in [2.05, 4.69) is 9.88 Å². The Kier molecular flexibility index (Phi) is 4.66. The molecule has 3 aromatic carbocycles. The monoisotopic (exact) mass is 407 g/mol. The van der Waals surface area contributed by atoms with E-state index in [4.69, 9.17) is 4.74 Å². The molecule has 6 nitrogen and oxygen atoms in total. The summed E-state index contributed by atoms with van der Waals surface area (Å²) in [6.45, 7) is 4.55. The predicted octanol–water partition coefficient (Wildman–Crippen LogP) is 3.45. The van der Waals surface area contributed by atoms with Gasteiger partial charge < -0.3 is 19.8 Å². The zero-order valence-corrected chi connectivity index (χ0v) is 16.5. The second-order valence-corrected chi connectivity index (χ2v) is 7.48. The topological polar surface area (TPSA) is 70.8 Å². The van der Waals surface area contributed by atoms with Crippen molar-refractivity contribution in [3.05, 3.63) is 65.7 Å². The van der Waals surface area contributed by atoms with Crippen molar-refractivity contribution in [2.75, 3.05) is 31.2 Å². The van der Waals surface area contributed by atoms with Crippen LogP contribution in [0, 0.1) is 12.7 Å². The molecule has 5 rings (SSSR count). The Labute approximate surface area is 172 Å². The van der Waals surface area contributed by atoms with E-state index in [0.29, 0.717) is 35.5 Å². The number of aromatic nitrogens is 2. The fourth-order valence-electron chi connectivity index (χ4n) is 4.25. The Morgan fingerprint density at radius 3 is 2.50 bits per heavy atom. The van der Waals surface area contributed by atoms with Gasteiger partial charge in [-0.25, -0.2) is 9.37 Å². The molecule has 1 aliphatic rings. The van der Waals surface area contributed by atoms with Gasteiger partial charge >= 0.3 is 0 Å².